The van der Waals surface area contributed by atoms with Crippen molar-refractivity contribution in [3.8, 4) is 0 Å². The predicted molar refractivity (Wildman–Crippen MR) is 59.5 cm³/mol. The molecule has 0 spiro atoms. The van der Waals surface area contributed by atoms with Gasteiger partial charge in [-0.3, -0.25) is 0 Å². The minimum atomic E-state index is -0.296. The number of nitrogens with zero attached hydrogens (tertiary/aromatic N) is 4. The molecule has 1 unspecified atom stereocenters. The molecule has 0 amide bonds. The van der Waals surface area contributed by atoms with Crippen molar-refractivity contribution < 1.29 is 4.74 Å². The third kappa shape index (κ3) is 1.70. The van der Waals surface area contributed by atoms with Crippen molar-refractivity contribution in [2.75, 3.05) is 24.6 Å². The van der Waals surface area contributed by atoms with Crippen LogP contribution in [0.25, 0.3) is 11.2 Å². The molecule has 1 aliphatic heterocycles. The Bertz CT molecular complexity index is 501. The summed E-state index contributed by atoms with van der Waals surface area (Å²) >= 11 is 5.92. The van der Waals surface area contributed by atoms with Crippen LogP contribution in [0, 0.1) is 0 Å². The molecule has 0 saturated carbocycles. The number of H-pyrrole nitrogens is 1. The Kier molecular flexibility index (Phi) is 2.37. The predicted octanol–water partition coefficient (Wildman–Crippen LogP) is 0.754. The lowest BCUT2D eigenvalue weighted by molar-refractivity contribution is 0.0928. The second-order valence-corrected chi connectivity index (χ2v) is 4.02. The molecule has 3 heterocycles. The molecule has 7 heteroatoms. The molecule has 1 N–H and O–H groups in total. The molecule has 1 atom stereocenters. The number of halogens is 1. The van der Waals surface area contributed by atoms with E-state index in [1.54, 1.807) is 12.5 Å². The van der Waals surface area contributed by atoms with Crippen molar-refractivity contribution in [3.63, 3.8) is 0 Å². The molecule has 2 aromatic heterocycles. The maximum absolute atomic E-state index is 5.92. The van der Waals surface area contributed by atoms with Crippen LogP contribution in [0.3, 0.4) is 0 Å². The van der Waals surface area contributed by atoms with Gasteiger partial charge in [0.25, 0.3) is 0 Å². The largest absolute Gasteiger partial charge is 0.359 e. The molecule has 0 aliphatic carbocycles. The minimum absolute atomic E-state index is 0.296. The molecule has 0 radical (unpaired) electrons. The number of anilines is 1. The smallest absolute Gasteiger partial charge is 0.227 e. The zero-order valence-corrected chi connectivity index (χ0v) is 9.18. The van der Waals surface area contributed by atoms with Gasteiger partial charge in [0.15, 0.2) is 5.65 Å². The van der Waals surface area contributed by atoms with Gasteiger partial charge in [-0.1, -0.05) is 11.6 Å². The van der Waals surface area contributed by atoms with Crippen molar-refractivity contribution >= 4 is 28.7 Å². The third-order valence-corrected chi connectivity index (χ3v) is 2.73. The molecule has 1 saturated heterocycles. The van der Waals surface area contributed by atoms with Crippen LogP contribution in [0.4, 0.5) is 5.95 Å². The molecule has 0 aromatic carbocycles. The Morgan fingerprint density at radius 2 is 2.44 bits per heavy atom. The van der Waals surface area contributed by atoms with Crippen LogP contribution in [0.5, 0.6) is 0 Å². The number of ether oxygens (including phenoxy) is 1. The van der Waals surface area contributed by atoms with Gasteiger partial charge in [0, 0.05) is 6.54 Å². The maximum Gasteiger partial charge on any atom is 0.227 e. The number of morpholine rings is 1. The highest BCUT2D eigenvalue weighted by Crippen LogP contribution is 2.16. The SMILES string of the molecule is ClC1CN(c2ncc3nc[nH]c3n2)CCO1. The second kappa shape index (κ2) is 3.88. The van der Waals surface area contributed by atoms with Gasteiger partial charge in [0.2, 0.25) is 5.95 Å². The van der Waals surface area contributed by atoms with Crippen LogP contribution in [0.15, 0.2) is 12.5 Å². The second-order valence-electron chi connectivity index (χ2n) is 3.53. The molecule has 2 aromatic rings. The number of alkyl halides is 1. The fourth-order valence-electron chi connectivity index (χ4n) is 1.67. The van der Waals surface area contributed by atoms with Crippen molar-refractivity contribution in [1.29, 1.82) is 0 Å². The lowest BCUT2D eigenvalue weighted by Gasteiger charge is -2.29. The van der Waals surface area contributed by atoms with Crippen LogP contribution in [0.1, 0.15) is 0 Å². The first-order valence-corrected chi connectivity index (χ1v) is 5.43. The van der Waals surface area contributed by atoms with Crippen LogP contribution in [-0.2, 0) is 4.74 Å². The summed E-state index contributed by atoms with van der Waals surface area (Å²) in [6, 6.07) is 0. The van der Waals surface area contributed by atoms with Crippen LogP contribution < -0.4 is 4.90 Å². The molecule has 84 valence electrons. The number of aromatic nitrogens is 4. The highest BCUT2D eigenvalue weighted by molar-refractivity contribution is 6.20. The van der Waals surface area contributed by atoms with E-state index in [0.29, 0.717) is 19.1 Å². The quantitative estimate of drug-likeness (QED) is 0.744. The van der Waals surface area contributed by atoms with E-state index < -0.39 is 0 Å². The van der Waals surface area contributed by atoms with Gasteiger partial charge in [-0.05, 0) is 0 Å². The van der Waals surface area contributed by atoms with Crippen molar-refractivity contribution in [2.45, 2.75) is 5.56 Å². The number of hydrogen-bond acceptors (Lipinski definition) is 5. The van der Waals surface area contributed by atoms with Gasteiger partial charge < -0.3 is 14.6 Å². The third-order valence-electron chi connectivity index (χ3n) is 2.47. The average Bonchev–Trinajstić information content (AvgIpc) is 2.75. The summed E-state index contributed by atoms with van der Waals surface area (Å²) < 4.78 is 5.25. The Hall–Kier alpha value is -1.40. The Balaban J connectivity index is 1.92. The van der Waals surface area contributed by atoms with Gasteiger partial charge in [-0.25, -0.2) is 9.97 Å². The first kappa shape index (κ1) is 9.80. The Morgan fingerprint density at radius 3 is 3.31 bits per heavy atom. The molecular weight excluding hydrogens is 230 g/mol. The fourth-order valence-corrected chi connectivity index (χ4v) is 1.93. The van der Waals surface area contributed by atoms with Crippen molar-refractivity contribution in [2.24, 2.45) is 0 Å². The van der Waals surface area contributed by atoms with Gasteiger partial charge in [-0.15, -0.1) is 0 Å². The molecule has 1 fully saturated rings. The normalized spacial score (nSPS) is 21.6. The number of fused-ring (bicyclic) bond motifs is 1. The van der Waals surface area contributed by atoms with E-state index in [0.717, 1.165) is 17.7 Å². The zero-order valence-electron chi connectivity index (χ0n) is 8.43. The fraction of sp³-hybridized carbons (Fsp3) is 0.444. The highest BCUT2D eigenvalue weighted by Gasteiger charge is 2.20. The molecular formula is C9H10ClN5O. The van der Waals surface area contributed by atoms with Gasteiger partial charge in [0.1, 0.15) is 11.1 Å². The van der Waals surface area contributed by atoms with E-state index in [1.807, 2.05) is 4.90 Å². The Labute approximate surface area is 96.6 Å². The van der Waals surface area contributed by atoms with E-state index in [9.17, 15) is 0 Å². The van der Waals surface area contributed by atoms with E-state index in [4.69, 9.17) is 16.3 Å². The van der Waals surface area contributed by atoms with E-state index in [-0.39, 0.29) is 5.56 Å². The number of rotatable bonds is 1. The number of hydrogen-bond donors (Lipinski definition) is 1. The van der Waals surface area contributed by atoms with Crippen molar-refractivity contribution in [1.82, 2.24) is 19.9 Å². The van der Waals surface area contributed by atoms with Crippen LogP contribution >= 0.6 is 11.6 Å². The molecule has 0 bridgehead atoms. The highest BCUT2D eigenvalue weighted by atomic mass is 35.5. The van der Waals surface area contributed by atoms with E-state index >= 15 is 0 Å². The average molecular weight is 240 g/mol. The molecule has 6 nitrogen and oxygen atoms in total. The Morgan fingerprint density at radius 1 is 1.50 bits per heavy atom. The summed E-state index contributed by atoms with van der Waals surface area (Å²) in [5.74, 6) is 0.658. The topological polar surface area (TPSA) is 66.9 Å². The summed E-state index contributed by atoms with van der Waals surface area (Å²) in [6.45, 7) is 1.95. The summed E-state index contributed by atoms with van der Waals surface area (Å²) in [5, 5.41) is 0. The van der Waals surface area contributed by atoms with Crippen LogP contribution in [-0.4, -0.2) is 45.2 Å². The van der Waals surface area contributed by atoms with Crippen LogP contribution in [0.2, 0.25) is 0 Å². The maximum atomic E-state index is 5.92. The van der Waals surface area contributed by atoms with E-state index in [1.165, 1.54) is 0 Å². The molecule has 16 heavy (non-hydrogen) atoms. The monoisotopic (exact) mass is 239 g/mol. The van der Waals surface area contributed by atoms with Gasteiger partial charge in [-0.2, -0.15) is 4.98 Å². The number of aromatic amines is 1. The lowest BCUT2D eigenvalue weighted by atomic mass is 10.4. The zero-order chi connectivity index (χ0) is 11.0. The standard InChI is InChI=1S/C9H10ClN5O/c10-7-4-15(1-2-16-7)9-11-3-6-8(14-9)13-5-12-6/h3,5,7H,1-2,4H2,(H,11,12,13,14). The lowest BCUT2D eigenvalue weighted by Crippen LogP contribution is -2.41. The number of nitrogens with one attached hydrogen (secondary N) is 1. The summed E-state index contributed by atoms with van der Waals surface area (Å²) in [4.78, 5) is 17.7. The summed E-state index contributed by atoms with van der Waals surface area (Å²) in [6.07, 6.45) is 3.31. The first-order chi connectivity index (χ1) is 7.83. The first-order valence-electron chi connectivity index (χ1n) is 5.00. The van der Waals surface area contributed by atoms with Crippen molar-refractivity contribution in [3.05, 3.63) is 12.5 Å². The molecule has 3 rings (SSSR count). The van der Waals surface area contributed by atoms with Gasteiger partial charge in [0.05, 0.1) is 25.7 Å². The van der Waals surface area contributed by atoms with Gasteiger partial charge >= 0.3 is 0 Å². The van der Waals surface area contributed by atoms with E-state index in [2.05, 4.69) is 19.9 Å². The summed E-state index contributed by atoms with van der Waals surface area (Å²) in [5.41, 5.74) is 1.21. The minimum Gasteiger partial charge on any atom is -0.359 e. The summed E-state index contributed by atoms with van der Waals surface area (Å²) in [7, 11) is 0. The molecule has 1 aliphatic rings. The number of imidazole rings is 1.